The van der Waals surface area contributed by atoms with Gasteiger partial charge in [0.2, 0.25) is 0 Å². The molecule has 2 heterocycles. The minimum absolute atomic E-state index is 0.0784. The first-order valence-corrected chi connectivity index (χ1v) is 9.16. The molecule has 5 nitrogen and oxygen atoms in total. The number of hydrogen-bond donors (Lipinski definition) is 1. The second-order valence-electron chi connectivity index (χ2n) is 6.86. The van der Waals surface area contributed by atoms with Crippen molar-refractivity contribution in [3.8, 4) is 5.75 Å². The Morgan fingerprint density at radius 3 is 2.54 bits per heavy atom. The van der Waals surface area contributed by atoms with E-state index >= 15 is 0 Å². The summed E-state index contributed by atoms with van der Waals surface area (Å²) in [7, 11) is 1.66. The third-order valence-corrected chi connectivity index (χ3v) is 5.16. The quantitative estimate of drug-likeness (QED) is 0.902. The van der Waals surface area contributed by atoms with E-state index in [1.54, 1.807) is 7.11 Å². The summed E-state index contributed by atoms with van der Waals surface area (Å²) in [4.78, 5) is 17.2. The Balaban J connectivity index is 1.52. The van der Waals surface area contributed by atoms with Gasteiger partial charge in [-0.15, -0.1) is 0 Å². The molecule has 24 heavy (non-hydrogen) atoms. The van der Waals surface area contributed by atoms with Gasteiger partial charge >= 0.3 is 6.03 Å². The maximum atomic E-state index is 12.7. The highest BCUT2D eigenvalue weighted by Gasteiger charge is 2.28. The molecule has 2 aliphatic heterocycles. The van der Waals surface area contributed by atoms with Crippen LogP contribution in [0.1, 0.15) is 37.7 Å². The molecule has 0 aromatic heterocycles. The summed E-state index contributed by atoms with van der Waals surface area (Å²) in [6.07, 6.45) is 6.09. The Morgan fingerprint density at radius 1 is 1.12 bits per heavy atom. The first kappa shape index (κ1) is 17.1. The van der Waals surface area contributed by atoms with Gasteiger partial charge in [-0.25, -0.2) is 4.79 Å². The number of ether oxygens (including phenoxy) is 1. The van der Waals surface area contributed by atoms with E-state index < -0.39 is 0 Å². The highest BCUT2D eigenvalue weighted by Crippen LogP contribution is 2.20. The molecule has 0 radical (unpaired) electrons. The van der Waals surface area contributed by atoms with Gasteiger partial charge in [-0.2, -0.15) is 0 Å². The van der Waals surface area contributed by atoms with Crippen molar-refractivity contribution in [2.45, 2.75) is 44.7 Å². The maximum absolute atomic E-state index is 12.7. The zero-order valence-electron chi connectivity index (χ0n) is 14.7. The molecule has 1 atom stereocenters. The molecule has 2 fully saturated rings. The molecule has 0 aliphatic carbocycles. The molecule has 0 saturated carbocycles. The number of rotatable bonds is 5. The zero-order chi connectivity index (χ0) is 16.8. The fourth-order valence-electron chi connectivity index (χ4n) is 3.74. The van der Waals surface area contributed by atoms with Gasteiger partial charge in [0.25, 0.3) is 0 Å². The number of nitrogens with one attached hydrogen (secondary N) is 1. The van der Waals surface area contributed by atoms with E-state index in [1.165, 1.54) is 32.4 Å². The molecule has 2 aliphatic rings. The summed E-state index contributed by atoms with van der Waals surface area (Å²) in [5, 5.41) is 3.09. The standard InChI is InChI=1S/C19H29N3O2/c1-24-18-9-7-16(8-10-18)14-20-19(23)22-13-3-2-6-17(22)15-21-11-4-5-12-21/h7-10,17H,2-6,11-15H2,1H3,(H,20,23)/t17-/m0/s1. The van der Waals surface area contributed by atoms with Crippen LogP contribution in [0.15, 0.2) is 24.3 Å². The second-order valence-corrected chi connectivity index (χ2v) is 6.86. The summed E-state index contributed by atoms with van der Waals surface area (Å²) in [6.45, 7) is 4.87. The van der Waals surface area contributed by atoms with Gasteiger partial charge in [0, 0.05) is 25.7 Å². The van der Waals surface area contributed by atoms with Crippen molar-refractivity contribution in [3.05, 3.63) is 29.8 Å². The SMILES string of the molecule is COc1ccc(CNC(=O)N2CCCC[C@H]2CN2CCCC2)cc1. The molecule has 5 heteroatoms. The van der Waals surface area contributed by atoms with Crippen molar-refractivity contribution in [1.82, 2.24) is 15.1 Å². The predicted molar refractivity (Wildman–Crippen MR) is 95.2 cm³/mol. The lowest BCUT2D eigenvalue weighted by molar-refractivity contribution is 0.127. The monoisotopic (exact) mass is 331 g/mol. The van der Waals surface area contributed by atoms with E-state index in [0.717, 1.165) is 37.2 Å². The third kappa shape index (κ3) is 4.41. The Hall–Kier alpha value is -1.75. The molecular weight excluding hydrogens is 302 g/mol. The van der Waals surface area contributed by atoms with Crippen molar-refractivity contribution < 1.29 is 9.53 Å². The van der Waals surface area contributed by atoms with E-state index in [1.807, 2.05) is 24.3 Å². The van der Waals surface area contributed by atoms with Gasteiger partial charge in [-0.3, -0.25) is 0 Å². The fourth-order valence-corrected chi connectivity index (χ4v) is 3.74. The Bertz CT molecular complexity index is 526. The Kier molecular flexibility index (Phi) is 5.96. The van der Waals surface area contributed by atoms with Crippen LogP contribution in [-0.4, -0.2) is 55.2 Å². The van der Waals surface area contributed by atoms with Gasteiger partial charge in [-0.1, -0.05) is 12.1 Å². The molecule has 1 N–H and O–H groups in total. The lowest BCUT2D eigenvalue weighted by atomic mass is 10.0. The van der Waals surface area contributed by atoms with Crippen molar-refractivity contribution in [3.63, 3.8) is 0 Å². The third-order valence-electron chi connectivity index (χ3n) is 5.16. The number of carbonyl (C=O) groups excluding carboxylic acids is 1. The summed E-state index contributed by atoms with van der Waals surface area (Å²) in [5.74, 6) is 0.840. The van der Waals surface area contributed by atoms with E-state index in [-0.39, 0.29) is 6.03 Å². The molecule has 2 saturated heterocycles. The molecule has 1 aromatic rings. The van der Waals surface area contributed by atoms with Crippen LogP contribution in [0.3, 0.4) is 0 Å². The Morgan fingerprint density at radius 2 is 1.83 bits per heavy atom. The lowest BCUT2D eigenvalue weighted by Gasteiger charge is -2.37. The minimum atomic E-state index is 0.0784. The average Bonchev–Trinajstić information content (AvgIpc) is 3.13. The van der Waals surface area contributed by atoms with Crippen LogP contribution in [0.2, 0.25) is 0 Å². The molecule has 2 amide bonds. The van der Waals surface area contributed by atoms with Crippen LogP contribution in [0.5, 0.6) is 5.75 Å². The van der Waals surface area contributed by atoms with E-state index in [0.29, 0.717) is 12.6 Å². The van der Waals surface area contributed by atoms with Gasteiger partial charge in [0.1, 0.15) is 5.75 Å². The van der Waals surface area contributed by atoms with Crippen LogP contribution in [-0.2, 0) is 6.54 Å². The average molecular weight is 331 g/mol. The Labute approximate surface area is 145 Å². The molecule has 0 spiro atoms. The number of nitrogens with zero attached hydrogens (tertiary/aromatic N) is 2. The molecule has 3 rings (SSSR count). The van der Waals surface area contributed by atoms with Crippen molar-refractivity contribution in [1.29, 1.82) is 0 Å². The highest BCUT2D eigenvalue weighted by molar-refractivity contribution is 5.74. The summed E-state index contributed by atoms with van der Waals surface area (Å²) >= 11 is 0. The number of urea groups is 1. The van der Waals surface area contributed by atoms with Crippen molar-refractivity contribution >= 4 is 6.03 Å². The second kappa shape index (κ2) is 8.38. The number of likely N-dealkylation sites (tertiary alicyclic amines) is 2. The number of piperidine rings is 1. The van der Waals surface area contributed by atoms with Gasteiger partial charge < -0.3 is 19.9 Å². The van der Waals surface area contributed by atoms with Crippen molar-refractivity contribution in [2.24, 2.45) is 0 Å². The van der Waals surface area contributed by atoms with Crippen molar-refractivity contribution in [2.75, 3.05) is 33.3 Å². The summed E-state index contributed by atoms with van der Waals surface area (Å²) < 4.78 is 5.17. The molecular formula is C19H29N3O2. The number of carbonyl (C=O) groups is 1. The first-order chi connectivity index (χ1) is 11.8. The molecule has 132 valence electrons. The lowest BCUT2D eigenvalue weighted by Crippen LogP contribution is -2.52. The maximum Gasteiger partial charge on any atom is 0.317 e. The first-order valence-electron chi connectivity index (χ1n) is 9.16. The zero-order valence-corrected chi connectivity index (χ0v) is 14.7. The van der Waals surface area contributed by atoms with Crippen LogP contribution in [0.4, 0.5) is 4.79 Å². The molecule has 0 unspecified atom stereocenters. The minimum Gasteiger partial charge on any atom is -0.497 e. The van der Waals surface area contributed by atoms with Crippen LogP contribution in [0.25, 0.3) is 0 Å². The van der Waals surface area contributed by atoms with E-state index in [2.05, 4.69) is 15.1 Å². The van der Waals surface area contributed by atoms with Gasteiger partial charge in [0.15, 0.2) is 0 Å². The summed E-state index contributed by atoms with van der Waals surface area (Å²) in [5.41, 5.74) is 1.09. The molecule has 0 bridgehead atoms. The topological polar surface area (TPSA) is 44.8 Å². The molecule has 1 aromatic carbocycles. The highest BCUT2D eigenvalue weighted by atomic mass is 16.5. The van der Waals surface area contributed by atoms with Crippen LogP contribution < -0.4 is 10.1 Å². The van der Waals surface area contributed by atoms with E-state index in [4.69, 9.17) is 4.74 Å². The number of amides is 2. The largest absolute Gasteiger partial charge is 0.497 e. The van der Waals surface area contributed by atoms with Crippen LogP contribution in [0, 0.1) is 0 Å². The summed E-state index contributed by atoms with van der Waals surface area (Å²) in [6, 6.07) is 8.30. The normalized spacial score (nSPS) is 21.7. The van der Waals surface area contributed by atoms with Gasteiger partial charge in [-0.05, 0) is 62.9 Å². The van der Waals surface area contributed by atoms with Crippen LogP contribution >= 0.6 is 0 Å². The smallest absolute Gasteiger partial charge is 0.317 e. The fraction of sp³-hybridized carbons (Fsp3) is 0.632. The number of methoxy groups -OCH3 is 1. The van der Waals surface area contributed by atoms with E-state index in [9.17, 15) is 4.79 Å². The predicted octanol–water partition coefficient (Wildman–Crippen LogP) is 2.86. The van der Waals surface area contributed by atoms with Gasteiger partial charge in [0.05, 0.1) is 7.11 Å². The number of benzene rings is 1. The number of hydrogen-bond acceptors (Lipinski definition) is 3.